The molecule has 0 saturated carbocycles. The minimum atomic E-state index is -4.71. The van der Waals surface area contributed by atoms with E-state index in [2.05, 4.69) is 16.9 Å². The van der Waals surface area contributed by atoms with Crippen LogP contribution < -0.4 is 5.73 Å². The number of rotatable bonds is 9. The molecule has 0 aliphatic rings. The van der Waals surface area contributed by atoms with Crippen molar-refractivity contribution in [2.75, 3.05) is 19.3 Å². The minimum Gasteiger partial charge on any atom is -0.383 e. The Kier molecular flexibility index (Phi) is 7.91. The molecule has 1 heterocycles. The number of nitrogens with zero attached hydrogens (tertiary/aromatic N) is 3. The summed E-state index contributed by atoms with van der Waals surface area (Å²) >= 11 is 0. The van der Waals surface area contributed by atoms with E-state index in [1.54, 1.807) is 12.3 Å². The summed E-state index contributed by atoms with van der Waals surface area (Å²) in [6.45, 7) is 2.95. The lowest BCUT2D eigenvalue weighted by Crippen LogP contribution is -2.12. The van der Waals surface area contributed by atoms with Crippen LogP contribution in [0.4, 0.5) is 23.4 Å². The molecule has 0 unspecified atom stereocenters. The van der Waals surface area contributed by atoms with Gasteiger partial charge in [-0.15, -0.1) is 0 Å². The second kappa shape index (κ2) is 10.2. The summed E-state index contributed by atoms with van der Waals surface area (Å²) in [4.78, 5) is 20.5. The van der Waals surface area contributed by atoms with Gasteiger partial charge in [-0.25, -0.2) is 14.4 Å². The van der Waals surface area contributed by atoms with Crippen LogP contribution in [0.25, 0.3) is 17.5 Å². The maximum atomic E-state index is 14.5. The zero-order valence-corrected chi connectivity index (χ0v) is 16.8. The van der Waals surface area contributed by atoms with E-state index in [0.717, 1.165) is 38.3 Å². The molecule has 0 radical (unpaired) electrons. The average Bonchev–Trinajstić information content (AvgIpc) is 2.68. The molecule has 162 valence electrons. The minimum absolute atomic E-state index is 0.103. The molecule has 2 N–H and O–H groups in total. The van der Waals surface area contributed by atoms with Crippen molar-refractivity contribution < 1.29 is 22.4 Å². The number of hydrogen-bond acceptors (Lipinski definition) is 5. The van der Waals surface area contributed by atoms with Crippen LogP contribution in [0.5, 0.6) is 0 Å². The Morgan fingerprint density at radius 1 is 1.17 bits per heavy atom. The highest BCUT2D eigenvalue weighted by Gasteiger charge is 2.34. The van der Waals surface area contributed by atoms with E-state index < -0.39 is 23.4 Å². The second-order valence-electron chi connectivity index (χ2n) is 6.93. The third-order valence-electron chi connectivity index (χ3n) is 4.54. The first kappa shape index (κ1) is 23.3. The second-order valence-corrected chi connectivity index (χ2v) is 6.93. The first-order valence-corrected chi connectivity index (χ1v) is 9.54. The van der Waals surface area contributed by atoms with E-state index >= 15 is 0 Å². The number of carbonyl (C=O) groups is 1. The van der Waals surface area contributed by atoms with E-state index in [9.17, 15) is 22.4 Å². The molecule has 0 amide bonds. The predicted octanol–water partition coefficient (Wildman–Crippen LogP) is 5.18. The van der Waals surface area contributed by atoms with E-state index in [-0.39, 0.29) is 17.0 Å². The van der Waals surface area contributed by atoms with Crippen LogP contribution in [0.2, 0.25) is 0 Å². The first-order valence-electron chi connectivity index (χ1n) is 9.54. The van der Waals surface area contributed by atoms with Gasteiger partial charge in [0.2, 0.25) is 0 Å². The fourth-order valence-electron chi connectivity index (χ4n) is 2.84. The summed E-state index contributed by atoms with van der Waals surface area (Å²) in [5.41, 5.74) is 4.54. The molecule has 0 aliphatic carbocycles. The number of hydrogen-bond donors (Lipinski definition) is 1. The SMILES string of the molecule is CCCCCCN(C)/C=C\c1cc(-c2ncc(C(F)(F)F)c(N)n2)c(F)cc1C=O. The van der Waals surface area contributed by atoms with Crippen molar-refractivity contribution in [2.24, 2.45) is 0 Å². The summed E-state index contributed by atoms with van der Waals surface area (Å²) in [5, 5.41) is 0. The molecule has 0 bridgehead atoms. The summed E-state index contributed by atoms with van der Waals surface area (Å²) in [5.74, 6) is -1.92. The number of aromatic nitrogens is 2. The highest BCUT2D eigenvalue weighted by atomic mass is 19.4. The van der Waals surface area contributed by atoms with E-state index in [0.29, 0.717) is 18.0 Å². The fraction of sp³-hybridized carbons (Fsp3) is 0.381. The van der Waals surface area contributed by atoms with Crippen molar-refractivity contribution in [2.45, 2.75) is 38.8 Å². The normalized spacial score (nSPS) is 11.8. The molecular formula is C21H24F4N4O. The summed E-state index contributed by atoms with van der Waals surface area (Å²) in [6, 6.07) is 2.32. The van der Waals surface area contributed by atoms with Crippen molar-refractivity contribution in [3.05, 3.63) is 47.0 Å². The number of alkyl halides is 3. The molecule has 30 heavy (non-hydrogen) atoms. The molecule has 2 rings (SSSR count). The van der Waals surface area contributed by atoms with Crippen LogP contribution >= 0.6 is 0 Å². The maximum Gasteiger partial charge on any atom is 0.421 e. The number of anilines is 1. The number of nitrogens with two attached hydrogens (primary N) is 1. The molecule has 1 aromatic heterocycles. The van der Waals surface area contributed by atoms with Gasteiger partial charge in [-0.05, 0) is 36.4 Å². The Bertz CT molecular complexity index is 913. The lowest BCUT2D eigenvalue weighted by atomic mass is 10.0. The van der Waals surface area contributed by atoms with E-state index in [4.69, 9.17) is 5.73 Å². The highest BCUT2D eigenvalue weighted by molar-refractivity contribution is 5.84. The fourth-order valence-corrected chi connectivity index (χ4v) is 2.84. The molecule has 0 spiro atoms. The van der Waals surface area contributed by atoms with Gasteiger partial charge in [0.1, 0.15) is 17.2 Å². The number of unbranched alkanes of at least 4 members (excludes halogenated alkanes) is 3. The van der Waals surface area contributed by atoms with E-state index in [1.807, 2.05) is 11.9 Å². The molecular weight excluding hydrogens is 400 g/mol. The summed E-state index contributed by atoms with van der Waals surface area (Å²) in [6.07, 6.45) is 4.14. The molecule has 0 atom stereocenters. The zero-order valence-electron chi connectivity index (χ0n) is 16.8. The topological polar surface area (TPSA) is 72.1 Å². The molecule has 0 saturated heterocycles. The maximum absolute atomic E-state index is 14.5. The van der Waals surface area contributed by atoms with Crippen molar-refractivity contribution in [3.8, 4) is 11.4 Å². The highest BCUT2D eigenvalue weighted by Crippen LogP contribution is 2.33. The Morgan fingerprint density at radius 2 is 1.90 bits per heavy atom. The van der Waals surface area contributed by atoms with Crippen molar-refractivity contribution in [3.63, 3.8) is 0 Å². The van der Waals surface area contributed by atoms with Gasteiger partial charge in [0, 0.05) is 25.4 Å². The van der Waals surface area contributed by atoms with Gasteiger partial charge in [0.15, 0.2) is 12.1 Å². The van der Waals surface area contributed by atoms with Crippen molar-refractivity contribution >= 4 is 18.2 Å². The molecule has 5 nitrogen and oxygen atoms in total. The smallest absolute Gasteiger partial charge is 0.383 e. The number of aldehydes is 1. The van der Waals surface area contributed by atoms with Gasteiger partial charge < -0.3 is 10.6 Å². The van der Waals surface area contributed by atoms with Gasteiger partial charge in [-0.2, -0.15) is 13.2 Å². The third-order valence-corrected chi connectivity index (χ3v) is 4.54. The van der Waals surface area contributed by atoms with Crippen LogP contribution in [-0.4, -0.2) is 34.7 Å². The molecule has 9 heteroatoms. The zero-order chi connectivity index (χ0) is 22.3. The van der Waals surface area contributed by atoms with Gasteiger partial charge in [-0.3, -0.25) is 4.79 Å². The Hall–Kier alpha value is -2.97. The van der Waals surface area contributed by atoms with Crippen LogP contribution in [0.3, 0.4) is 0 Å². The molecule has 0 aliphatic heterocycles. The number of benzene rings is 1. The molecule has 0 fully saturated rings. The van der Waals surface area contributed by atoms with Gasteiger partial charge in [-0.1, -0.05) is 26.2 Å². The number of carbonyl (C=O) groups excluding carboxylic acids is 1. The summed E-state index contributed by atoms with van der Waals surface area (Å²) in [7, 11) is 1.88. The molecule has 1 aromatic carbocycles. The molecule has 2 aromatic rings. The largest absolute Gasteiger partial charge is 0.421 e. The van der Waals surface area contributed by atoms with Gasteiger partial charge in [0.25, 0.3) is 0 Å². The Labute approximate surface area is 172 Å². The van der Waals surface area contributed by atoms with Crippen LogP contribution in [0, 0.1) is 5.82 Å². The Balaban J connectivity index is 2.32. The predicted molar refractivity (Wildman–Crippen MR) is 108 cm³/mol. The monoisotopic (exact) mass is 424 g/mol. The summed E-state index contributed by atoms with van der Waals surface area (Å²) < 4.78 is 53.0. The van der Waals surface area contributed by atoms with Crippen LogP contribution in [0.15, 0.2) is 24.5 Å². The number of nitrogen functional groups attached to an aromatic ring is 1. The number of halogens is 4. The average molecular weight is 424 g/mol. The van der Waals surface area contributed by atoms with Gasteiger partial charge >= 0.3 is 6.18 Å². The van der Waals surface area contributed by atoms with Gasteiger partial charge in [0.05, 0.1) is 5.56 Å². The van der Waals surface area contributed by atoms with Crippen molar-refractivity contribution in [1.29, 1.82) is 0 Å². The Morgan fingerprint density at radius 3 is 2.50 bits per heavy atom. The first-order chi connectivity index (χ1) is 14.2. The lowest BCUT2D eigenvalue weighted by Gasteiger charge is -2.14. The third kappa shape index (κ3) is 6.01. The standard InChI is InChI=1S/C21H24F4N4O/c1-3-4-5-6-8-29(2)9-7-14-10-16(18(22)11-15(14)13-30)20-27-12-17(19(26)28-20)21(23,24)25/h7,9-13H,3-6,8H2,1-2H3,(H2,26,27,28)/b9-7-. The van der Waals surface area contributed by atoms with Crippen LogP contribution in [-0.2, 0) is 6.18 Å². The quantitative estimate of drug-likeness (QED) is 0.341. The van der Waals surface area contributed by atoms with E-state index in [1.165, 1.54) is 6.07 Å². The van der Waals surface area contributed by atoms with Crippen molar-refractivity contribution in [1.82, 2.24) is 14.9 Å². The lowest BCUT2D eigenvalue weighted by molar-refractivity contribution is -0.137. The van der Waals surface area contributed by atoms with Crippen LogP contribution in [0.1, 0.15) is 54.1 Å².